The van der Waals surface area contributed by atoms with Gasteiger partial charge in [0.15, 0.2) is 0 Å². The van der Waals surface area contributed by atoms with Crippen LogP contribution in [0.15, 0.2) is 30.3 Å². The quantitative estimate of drug-likeness (QED) is 0.677. The van der Waals surface area contributed by atoms with Crippen molar-refractivity contribution in [3.8, 4) is 0 Å². The molecule has 138 valence electrons. The summed E-state index contributed by atoms with van der Waals surface area (Å²) in [5.41, 5.74) is 9.88. The van der Waals surface area contributed by atoms with E-state index in [-0.39, 0.29) is 5.91 Å². The van der Waals surface area contributed by atoms with Gasteiger partial charge in [-0.05, 0) is 69.0 Å². The van der Waals surface area contributed by atoms with Crippen molar-refractivity contribution in [2.24, 2.45) is 0 Å². The Morgan fingerprint density at radius 1 is 1.23 bits per heavy atom. The molecule has 1 aliphatic heterocycles. The predicted molar refractivity (Wildman–Crippen MR) is 111 cm³/mol. The van der Waals surface area contributed by atoms with Crippen molar-refractivity contribution in [3.05, 3.63) is 51.5 Å². The second-order valence-electron chi connectivity index (χ2n) is 6.84. The number of piperidine rings is 1. The molecule has 2 aromatic carbocycles. The van der Waals surface area contributed by atoms with Gasteiger partial charge in [0.05, 0.1) is 22.0 Å². The number of rotatable bonds is 3. The molecule has 0 spiro atoms. The fraction of sp³-hybridized carbons (Fsp3) is 0.350. The Morgan fingerprint density at radius 2 is 2.00 bits per heavy atom. The highest BCUT2D eigenvalue weighted by molar-refractivity contribution is 6.37. The maximum Gasteiger partial charge on any atom is 0.257 e. The summed E-state index contributed by atoms with van der Waals surface area (Å²) < 4.78 is 0. The summed E-state index contributed by atoms with van der Waals surface area (Å²) in [6.45, 7) is 5.30. The average Bonchev–Trinajstić information content (AvgIpc) is 2.58. The number of hydrogen-bond donors (Lipinski definition) is 2. The van der Waals surface area contributed by atoms with Crippen LogP contribution in [0.4, 0.5) is 17.1 Å². The summed E-state index contributed by atoms with van der Waals surface area (Å²) in [7, 11) is 0. The Balaban J connectivity index is 1.90. The van der Waals surface area contributed by atoms with Crippen molar-refractivity contribution in [3.63, 3.8) is 0 Å². The van der Waals surface area contributed by atoms with Gasteiger partial charge in [-0.1, -0.05) is 23.2 Å². The second-order valence-corrected chi connectivity index (χ2v) is 7.69. The third kappa shape index (κ3) is 3.92. The molecular formula is C20H23Cl2N3O. The van der Waals surface area contributed by atoms with Crippen LogP contribution in [0.25, 0.3) is 0 Å². The summed E-state index contributed by atoms with van der Waals surface area (Å²) in [6, 6.07) is 9.15. The lowest BCUT2D eigenvalue weighted by Crippen LogP contribution is -2.37. The highest BCUT2D eigenvalue weighted by Crippen LogP contribution is 2.34. The number of carbonyl (C=O) groups is 1. The van der Waals surface area contributed by atoms with Crippen LogP contribution in [-0.2, 0) is 0 Å². The van der Waals surface area contributed by atoms with Crippen LogP contribution < -0.4 is 16.0 Å². The van der Waals surface area contributed by atoms with Crippen LogP contribution >= 0.6 is 23.2 Å². The maximum absolute atomic E-state index is 12.6. The number of aryl methyl sites for hydroxylation is 1. The third-order valence-electron chi connectivity index (χ3n) is 4.90. The van der Waals surface area contributed by atoms with Gasteiger partial charge in [-0.15, -0.1) is 0 Å². The van der Waals surface area contributed by atoms with Gasteiger partial charge in [0, 0.05) is 23.3 Å². The van der Waals surface area contributed by atoms with Gasteiger partial charge in [-0.2, -0.15) is 0 Å². The van der Waals surface area contributed by atoms with Gasteiger partial charge in [0.25, 0.3) is 5.91 Å². The SMILES string of the molecule is Cc1cc(N)c(NC(=O)c2ccc(Cl)cc2Cl)cc1N1CCCC[C@H]1C. The monoisotopic (exact) mass is 391 g/mol. The first-order valence-electron chi connectivity index (χ1n) is 8.80. The van der Waals surface area contributed by atoms with Gasteiger partial charge in [-0.3, -0.25) is 4.79 Å². The summed E-state index contributed by atoms with van der Waals surface area (Å²) in [5.74, 6) is -0.306. The molecule has 6 heteroatoms. The number of carbonyl (C=O) groups excluding carboxylic acids is 1. The number of amides is 1. The van der Waals surface area contributed by atoms with Crippen molar-refractivity contribution in [1.82, 2.24) is 0 Å². The van der Waals surface area contributed by atoms with Crippen LogP contribution in [0.5, 0.6) is 0 Å². The standard InChI is InChI=1S/C20H23Cl2N3O/c1-12-9-17(23)18(11-19(12)25-8-4-3-5-13(25)2)24-20(26)15-7-6-14(21)10-16(15)22/h6-7,9-11,13H,3-5,8,23H2,1-2H3,(H,24,26)/t13-/m1/s1. The first-order chi connectivity index (χ1) is 12.4. The molecule has 0 saturated carbocycles. The van der Waals surface area contributed by atoms with E-state index in [1.165, 1.54) is 19.3 Å². The third-order valence-corrected chi connectivity index (χ3v) is 5.45. The molecule has 1 saturated heterocycles. The molecule has 0 unspecified atom stereocenters. The minimum Gasteiger partial charge on any atom is -0.397 e. The van der Waals surface area contributed by atoms with E-state index in [1.807, 2.05) is 12.1 Å². The summed E-state index contributed by atoms with van der Waals surface area (Å²) >= 11 is 12.0. The van der Waals surface area contributed by atoms with Gasteiger partial charge in [0.1, 0.15) is 0 Å². The molecule has 1 fully saturated rings. The van der Waals surface area contributed by atoms with Crippen molar-refractivity contribution in [1.29, 1.82) is 0 Å². The molecular weight excluding hydrogens is 369 g/mol. The number of nitrogens with zero attached hydrogens (tertiary/aromatic N) is 1. The van der Waals surface area contributed by atoms with Crippen molar-refractivity contribution >= 4 is 46.2 Å². The lowest BCUT2D eigenvalue weighted by Gasteiger charge is -2.36. The van der Waals surface area contributed by atoms with E-state index >= 15 is 0 Å². The van der Waals surface area contributed by atoms with Gasteiger partial charge < -0.3 is 16.0 Å². The van der Waals surface area contributed by atoms with E-state index in [0.717, 1.165) is 17.8 Å². The van der Waals surface area contributed by atoms with Crippen molar-refractivity contribution in [2.45, 2.75) is 39.2 Å². The van der Waals surface area contributed by atoms with E-state index in [4.69, 9.17) is 28.9 Å². The molecule has 0 radical (unpaired) electrons. The lowest BCUT2D eigenvalue weighted by molar-refractivity contribution is 0.102. The number of nitrogens with two attached hydrogens (primary N) is 1. The molecule has 1 atom stereocenters. The lowest BCUT2D eigenvalue weighted by atomic mass is 10.0. The minimum atomic E-state index is -0.306. The summed E-state index contributed by atoms with van der Waals surface area (Å²) in [6.07, 6.45) is 3.60. The zero-order chi connectivity index (χ0) is 18.8. The highest BCUT2D eigenvalue weighted by Gasteiger charge is 2.21. The number of hydrogen-bond acceptors (Lipinski definition) is 3. The smallest absolute Gasteiger partial charge is 0.257 e. The first kappa shape index (κ1) is 18.9. The van der Waals surface area contributed by atoms with Gasteiger partial charge >= 0.3 is 0 Å². The first-order valence-corrected chi connectivity index (χ1v) is 9.55. The molecule has 1 amide bonds. The number of nitrogen functional groups attached to an aromatic ring is 1. The molecule has 4 nitrogen and oxygen atoms in total. The Hall–Kier alpha value is -1.91. The van der Waals surface area contributed by atoms with Gasteiger partial charge in [-0.25, -0.2) is 0 Å². The van der Waals surface area contributed by atoms with Crippen LogP contribution in [0.2, 0.25) is 10.0 Å². The topological polar surface area (TPSA) is 58.4 Å². The van der Waals surface area contributed by atoms with Crippen molar-refractivity contribution in [2.75, 3.05) is 22.5 Å². The van der Waals surface area contributed by atoms with E-state index in [2.05, 4.69) is 24.1 Å². The molecule has 0 aliphatic carbocycles. The Kier molecular flexibility index (Phi) is 5.64. The van der Waals surface area contributed by atoms with E-state index in [1.54, 1.807) is 18.2 Å². The number of halogens is 2. The number of anilines is 3. The van der Waals surface area contributed by atoms with Crippen LogP contribution in [0.3, 0.4) is 0 Å². The molecule has 3 rings (SSSR count). The maximum atomic E-state index is 12.6. The van der Waals surface area contributed by atoms with Crippen molar-refractivity contribution < 1.29 is 4.79 Å². The van der Waals surface area contributed by atoms with Crippen LogP contribution in [-0.4, -0.2) is 18.5 Å². The summed E-state index contributed by atoms with van der Waals surface area (Å²) in [4.78, 5) is 15.0. The Morgan fingerprint density at radius 3 is 2.69 bits per heavy atom. The molecule has 1 aliphatic rings. The van der Waals surface area contributed by atoms with E-state index < -0.39 is 0 Å². The van der Waals surface area contributed by atoms with Gasteiger partial charge in [0.2, 0.25) is 0 Å². The summed E-state index contributed by atoms with van der Waals surface area (Å²) in [5, 5.41) is 3.69. The minimum absolute atomic E-state index is 0.306. The molecule has 0 bridgehead atoms. The highest BCUT2D eigenvalue weighted by atomic mass is 35.5. The molecule has 26 heavy (non-hydrogen) atoms. The average molecular weight is 392 g/mol. The molecule has 0 aromatic heterocycles. The fourth-order valence-electron chi connectivity index (χ4n) is 3.46. The number of benzene rings is 2. The largest absolute Gasteiger partial charge is 0.397 e. The molecule has 2 aromatic rings. The Bertz CT molecular complexity index is 838. The van der Waals surface area contributed by atoms with Crippen LogP contribution in [0.1, 0.15) is 42.1 Å². The van der Waals surface area contributed by atoms with E-state index in [9.17, 15) is 4.79 Å². The molecule has 3 N–H and O–H groups in total. The number of nitrogens with one attached hydrogen (secondary N) is 1. The zero-order valence-corrected chi connectivity index (χ0v) is 16.5. The fourth-order valence-corrected chi connectivity index (χ4v) is 3.95. The molecule has 1 heterocycles. The van der Waals surface area contributed by atoms with Crippen LogP contribution in [0, 0.1) is 6.92 Å². The zero-order valence-electron chi connectivity index (χ0n) is 15.0. The predicted octanol–water partition coefficient (Wildman–Crippen LogP) is 5.52. The van der Waals surface area contributed by atoms with E-state index in [0.29, 0.717) is 33.0 Å². The second kappa shape index (κ2) is 7.77. The normalized spacial score (nSPS) is 17.2. The Labute approximate surface area is 164 Å².